The van der Waals surface area contributed by atoms with Crippen molar-refractivity contribution in [2.75, 3.05) is 47.8 Å². The van der Waals surface area contributed by atoms with Gasteiger partial charge < -0.3 is 14.1 Å². The molecule has 0 spiro atoms. The monoisotopic (exact) mass is 311 g/mol. The number of quaternary nitrogens is 1. The number of nitrogens with zero attached hydrogens (tertiary/aromatic N) is 2. The first-order chi connectivity index (χ1) is 9.98. The van der Waals surface area contributed by atoms with Crippen molar-refractivity contribution >= 4 is 5.97 Å². The van der Waals surface area contributed by atoms with Crippen molar-refractivity contribution in [3.05, 3.63) is 0 Å². The van der Waals surface area contributed by atoms with Crippen LogP contribution in [0.2, 0.25) is 0 Å². The van der Waals surface area contributed by atoms with Crippen molar-refractivity contribution in [1.29, 1.82) is 0 Å². The Balaban J connectivity index is 1.91. The summed E-state index contributed by atoms with van der Waals surface area (Å²) in [6.07, 6.45) is 3.66. The van der Waals surface area contributed by atoms with E-state index in [1.807, 2.05) is 0 Å². The van der Waals surface area contributed by atoms with E-state index in [4.69, 9.17) is 4.74 Å². The molecule has 2 rings (SSSR count). The third-order valence-corrected chi connectivity index (χ3v) is 6.70. The highest BCUT2D eigenvalue weighted by molar-refractivity contribution is 5.71. The number of rotatable bonds is 6. The van der Waals surface area contributed by atoms with Gasteiger partial charge in [-0.25, -0.2) is 4.79 Å². The van der Waals surface area contributed by atoms with Gasteiger partial charge in [0.05, 0.1) is 20.6 Å². The predicted molar refractivity (Wildman–Crippen MR) is 89.5 cm³/mol. The van der Waals surface area contributed by atoms with Crippen molar-refractivity contribution in [2.24, 2.45) is 16.7 Å². The molecule has 128 valence electrons. The van der Waals surface area contributed by atoms with Crippen LogP contribution in [0.1, 0.15) is 40.0 Å². The molecule has 4 heteroatoms. The lowest BCUT2D eigenvalue weighted by molar-refractivity contribution is -0.882. The highest BCUT2D eigenvalue weighted by Crippen LogP contribution is 2.66. The predicted octanol–water partition coefficient (Wildman–Crippen LogP) is 2.38. The van der Waals surface area contributed by atoms with Crippen molar-refractivity contribution in [1.82, 2.24) is 4.90 Å². The van der Waals surface area contributed by atoms with Crippen LogP contribution in [0.25, 0.3) is 0 Å². The summed E-state index contributed by atoms with van der Waals surface area (Å²) >= 11 is 0. The van der Waals surface area contributed by atoms with E-state index in [9.17, 15) is 4.79 Å². The van der Waals surface area contributed by atoms with Gasteiger partial charge in [0.15, 0.2) is 6.54 Å². The molecule has 0 heterocycles. The molecular weight excluding hydrogens is 276 g/mol. The first-order valence-corrected chi connectivity index (χ1v) is 8.64. The normalized spacial score (nSPS) is 33.5. The lowest BCUT2D eigenvalue weighted by atomic mass is 9.70. The standard InChI is InChI=1S/C18H35N2O2/c1-17(2)14-8-9-18(17,3)15(12-14)22-16(21)13-20(6,7)11-10-19(4)5/h14-15H,8-13H2,1-7H3/q+1/t14-,15-,18+/m1/s1. The fraction of sp³-hybridized carbons (Fsp3) is 0.944. The number of carbonyl (C=O) groups excluding carboxylic acids is 1. The molecule has 2 saturated carbocycles. The maximum Gasteiger partial charge on any atom is 0.362 e. The zero-order valence-electron chi connectivity index (χ0n) is 15.6. The van der Waals surface area contributed by atoms with Crippen LogP contribution in [0.4, 0.5) is 0 Å². The molecule has 2 fully saturated rings. The van der Waals surface area contributed by atoms with Crippen LogP contribution in [0, 0.1) is 16.7 Å². The van der Waals surface area contributed by atoms with E-state index in [1.54, 1.807) is 0 Å². The Bertz CT molecular complexity index is 431. The molecule has 2 aliphatic rings. The van der Waals surface area contributed by atoms with Gasteiger partial charge in [-0.05, 0) is 44.7 Å². The van der Waals surface area contributed by atoms with E-state index in [-0.39, 0.29) is 17.5 Å². The van der Waals surface area contributed by atoms with Crippen LogP contribution in [-0.2, 0) is 9.53 Å². The number of hydrogen-bond donors (Lipinski definition) is 0. The summed E-state index contributed by atoms with van der Waals surface area (Å²) < 4.78 is 6.65. The molecule has 4 nitrogen and oxygen atoms in total. The van der Waals surface area contributed by atoms with Crippen LogP contribution in [0.5, 0.6) is 0 Å². The van der Waals surface area contributed by atoms with Gasteiger partial charge in [0.25, 0.3) is 0 Å². The number of fused-ring (bicyclic) bond motifs is 2. The zero-order valence-corrected chi connectivity index (χ0v) is 15.6. The third-order valence-electron chi connectivity index (χ3n) is 6.70. The van der Waals surface area contributed by atoms with Crippen molar-refractivity contribution in [2.45, 2.75) is 46.1 Å². The molecule has 0 aromatic carbocycles. The highest BCUT2D eigenvalue weighted by atomic mass is 16.5. The van der Waals surface area contributed by atoms with Crippen LogP contribution in [0.15, 0.2) is 0 Å². The number of hydrogen-bond acceptors (Lipinski definition) is 3. The minimum atomic E-state index is -0.0293. The lowest BCUT2D eigenvalue weighted by Crippen LogP contribution is -2.49. The van der Waals surface area contributed by atoms with E-state index in [0.29, 0.717) is 22.4 Å². The van der Waals surface area contributed by atoms with E-state index in [0.717, 1.165) is 19.5 Å². The Morgan fingerprint density at radius 2 is 1.91 bits per heavy atom. The molecule has 0 amide bonds. The van der Waals surface area contributed by atoms with Gasteiger partial charge in [-0.2, -0.15) is 0 Å². The van der Waals surface area contributed by atoms with Gasteiger partial charge in [-0.15, -0.1) is 0 Å². The molecule has 0 aliphatic heterocycles. The summed E-state index contributed by atoms with van der Waals surface area (Å²) in [6, 6.07) is 0. The largest absolute Gasteiger partial charge is 0.458 e. The van der Waals surface area contributed by atoms with Crippen molar-refractivity contribution in [3.63, 3.8) is 0 Å². The molecule has 0 saturated heterocycles. The second-order valence-electron chi connectivity index (χ2n) is 9.21. The van der Waals surface area contributed by atoms with Crippen molar-refractivity contribution < 1.29 is 14.0 Å². The smallest absolute Gasteiger partial charge is 0.362 e. The Morgan fingerprint density at radius 1 is 1.27 bits per heavy atom. The van der Waals surface area contributed by atoms with Gasteiger partial charge in [0, 0.05) is 12.0 Å². The second-order valence-corrected chi connectivity index (χ2v) is 9.21. The number of carbonyl (C=O) groups is 1. The number of ether oxygens (including phenoxy) is 1. The topological polar surface area (TPSA) is 29.5 Å². The van der Waals surface area contributed by atoms with Crippen molar-refractivity contribution in [3.8, 4) is 0 Å². The summed E-state index contributed by atoms with van der Waals surface area (Å²) in [5.74, 6) is 0.685. The Labute approximate surface area is 136 Å². The van der Waals surface area contributed by atoms with E-state index < -0.39 is 0 Å². The summed E-state index contributed by atoms with van der Waals surface area (Å²) in [4.78, 5) is 14.6. The van der Waals surface area contributed by atoms with Gasteiger partial charge in [-0.3, -0.25) is 0 Å². The Kier molecular flexibility index (Phi) is 4.67. The van der Waals surface area contributed by atoms with Gasteiger partial charge in [0.2, 0.25) is 0 Å². The fourth-order valence-corrected chi connectivity index (χ4v) is 4.40. The van der Waals surface area contributed by atoms with Gasteiger partial charge in [0.1, 0.15) is 6.10 Å². The Hall–Kier alpha value is -0.610. The molecule has 2 bridgehead atoms. The lowest BCUT2D eigenvalue weighted by Gasteiger charge is -2.39. The summed E-state index contributed by atoms with van der Waals surface area (Å²) in [5.41, 5.74) is 0.460. The first kappa shape index (κ1) is 17.7. The molecule has 22 heavy (non-hydrogen) atoms. The fourth-order valence-electron chi connectivity index (χ4n) is 4.40. The number of esters is 1. The quantitative estimate of drug-likeness (QED) is 0.557. The van der Waals surface area contributed by atoms with Crippen LogP contribution in [-0.4, -0.2) is 69.3 Å². The SMILES string of the molecule is CN(C)CC[N+](C)(C)CC(=O)O[C@@H]1C[C@H]2CC[C@]1(C)C2(C)C. The average molecular weight is 311 g/mol. The molecule has 0 N–H and O–H groups in total. The second kappa shape index (κ2) is 5.79. The molecule has 0 radical (unpaired) electrons. The summed E-state index contributed by atoms with van der Waals surface area (Å²) in [5, 5.41) is 0. The molecule has 0 aromatic heterocycles. The van der Waals surface area contributed by atoms with E-state index in [2.05, 4.69) is 53.9 Å². The van der Waals surface area contributed by atoms with Crippen LogP contribution < -0.4 is 0 Å². The average Bonchev–Trinajstić information content (AvgIpc) is 2.69. The highest BCUT2D eigenvalue weighted by Gasteiger charge is 2.62. The molecule has 0 aromatic rings. The van der Waals surface area contributed by atoms with Gasteiger partial charge >= 0.3 is 5.97 Å². The van der Waals surface area contributed by atoms with Crippen LogP contribution in [0.3, 0.4) is 0 Å². The zero-order chi connectivity index (χ0) is 16.8. The maximum atomic E-state index is 12.4. The molecule has 0 unspecified atom stereocenters. The maximum absolute atomic E-state index is 12.4. The number of likely N-dealkylation sites (N-methyl/N-ethyl adjacent to an activating group) is 2. The summed E-state index contributed by atoms with van der Waals surface area (Å²) in [7, 11) is 8.35. The summed E-state index contributed by atoms with van der Waals surface area (Å²) in [6.45, 7) is 9.44. The Morgan fingerprint density at radius 3 is 2.36 bits per heavy atom. The van der Waals surface area contributed by atoms with Gasteiger partial charge in [-0.1, -0.05) is 20.8 Å². The van der Waals surface area contributed by atoms with Crippen LogP contribution >= 0.6 is 0 Å². The molecule has 2 aliphatic carbocycles. The first-order valence-electron chi connectivity index (χ1n) is 8.64. The molecule has 3 atom stereocenters. The molecular formula is C18H35N2O2+. The minimum absolute atomic E-state index is 0.0293. The third kappa shape index (κ3) is 3.18. The van der Waals surface area contributed by atoms with E-state index >= 15 is 0 Å². The minimum Gasteiger partial charge on any atom is -0.458 e. The van der Waals surface area contributed by atoms with E-state index in [1.165, 1.54) is 12.8 Å².